The molecule has 0 spiro atoms. The molecule has 114 valence electrons. The highest BCUT2D eigenvalue weighted by molar-refractivity contribution is 5.83. The molecule has 0 radical (unpaired) electrons. The Morgan fingerprint density at radius 1 is 0.957 bits per heavy atom. The molecule has 2 aromatic carbocycles. The predicted octanol–water partition coefficient (Wildman–Crippen LogP) is 3.57. The van der Waals surface area contributed by atoms with E-state index in [0.717, 1.165) is 28.0 Å². The average Bonchev–Trinajstić information content (AvgIpc) is 3.06. The first-order valence-electron chi connectivity index (χ1n) is 7.26. The molecule has 0 N–H and O–H groups in total. The van der Waals surface area contributed by atoms with E-state index in [0.29, 0.717) is 11.5 Å². The minimum Gasteiger partial charge on any atom is -0.497 e. The third-order valence-electron chi connectivity index (χ3n) is 3.86. The Hall–Kier alpha value is -3.08. The number of ether oxygens (including phenoxy) is 2. The van der Waals surface area contributed by atoms with Gasteiger partial charge >= 0.3 is 0 Å². The van der Waals surface area contributed by atoms with Crippen LogP contribution in [-0.2, 0) is 0 Å². The maximum atomic E-state index is 5.41. The summed E-state index contributed by atoms with van der Waals surface area (Å²) in [5, 5.41) is 0. The molecule has 0 amide bonds. The molecule has 0 aliphatic carbocycles. The van der Waals surface area contributed by atoms with Crippen LogP contribution in [0.25, 0.3) is 27.9 Å². The van der Waals surface area contributed by atoms with Crippen molar-refractivity contribution in [2.45, 2.75) is 0 Å². The van der Waals surface area contributed by atoms with Gasteiger partial charge in [-0.15, -0.1) is 0 Å². The van der Waals surface area contributed by atoms with Gasteiger partial charge in [0.05, 0.1) is 37.1 Å². The number of benzene rings is 2. The second kappa shape index (κ2) is 5.28. The number of para-hydroxylation sites is 2. The SMILES string of the molecule is COc1cccc(-c2cnc3c(OC)nc4ccccc4n23)c1. The highest BCUT2D eigenvalue weighted by atomic mass is 16.5. The topological polar surface area (TPSA) is 48.7 Å². The van der Waals surface area contributed by atoms with Crippen LogP contribution in [0.15, 0.2) is 54.7 Å². The van der Waals surface area contributed by atoms with Crippen molar-refractivity contribution >= 4 is 16.7 Å². The largest absolute Gasteiger partial charge is 0.497 e. The lowest BCUT2D eigenvalue weighted by Crippen LogP contribution is -1.98. The summed E-state index contributed by atoms with van der Waals surface area (Å²) >= 11 is 0. The fourth-order valence-corrected chi connectivity index (χ4v) is 2.78. The van der Waals surface area contributed by atoms with Gasteiger partial charge in [-0.1, -0.05) is 24.3 Å². The average molecular weight is 305 g/mol. The number of aromatic nitrogens is 3. The Morgan fingerprint density at radius 3 is 2.65 bits per heavy atom. The van der Waals surface area contributed by atoms with Gasteiger partial charge in [-0.25, -0.2) is 9.97 Å². The van der Waals surface area contributed by atoms with Crippen LogP contribution >= 0.6 is 0 Å². The lowest BCUT2D eigenvalue weighted by molar-refractivity contribution is 0.402. The number of hydrogen-bond donors (Lipinski definition) is 0. The molecule has 4 aromatic rings. The van der Waals surface area contributed by atoms with Crippen molar-refractivity contribution < 1.29 is 9.47 Å². The summed E-state index contributed by atoms with van der Waals surface area (Å²) in [6.07, 6.45) is 1.83. The summed E-state index contributed by atoms with van der Waals surface area (Å²) in [4.78, 5) is 9.04. The third kappa shape index (κ3) is 2.09. The number of hydrogen-bond acceptors (Lipinski definition) is 4. The first-order chi connectivity index (χ1) is 11.3. The molecule has 0 unspecified atom stereocenters. The third-order valence-corrected chi connectivity index (χ3v) is 3.86. The van der Waals surface area contributed by atoms with E-state index in [-0.39, 0.29) is 0 Å². The number of fused-ring (bicyclic) bond motifs is 3. The first-order valence-corrected chi connectivity index (χ1v) is 7.26. The summed E-state index contributed by atoms with van der Waals surface area (Å²) in [5.41, 5.74) is 4.53. The fraction of sp³-hybridized carbons (Fsp3) is 0.111. The minimum atomic E-state index is 0.512. The molecule has 0 saturated heterocycles. The van der Waals surface area contributed by atoms with E-state index in [1.807, 2.05) is 54.7 Å². The van der Waals surface area contributed by atoms with Crippen molar-refractivity contribution in [1.29, 1.82) is 0 Å². The zero-order chi connectivity index (χ0) is 15.8. The van der Waals surface area contributed by atoms with Crippen LogP contribution in [-0.4, -0.2) is 28.6 Å². The number of imidazole rings is 1. The molecule has 2 aromatic heterocycles. The predicted molar refractivity (Wildman–Crippen MR) is 89.0 cm³/mol. The number of rotatable bonds is 3. The molecule has 5 heteroatoms. The van der Waals surface area contributed by atoms with Crippen molar-refractivity contribution in [3.63, 3.8) is 0 Å². The van der Waals surface area contributed by atoms with Gasteiger partial charge in [-0.05, 0) is 24.3 Å². The zero-order valence-corrected chi connectivity index (χ0v) is 12.9. The van der Waals surface area contributed by atoms with Crippen LogP contribution in [0.1, 0.15) is 0 Å². The maximum absolute atomic E-state index is 5.41. The van der Waals surface area contributed by atoms with Crippen molar-refractivity contribution in [1.82, 2.24) is 14.4 Å². The first kappa shape index (κ1) is 13.6. The van der Waals surface area contributed by atoms with Crippen molar-refractivity contribution in [2.75, 3.05) is 14.2 Å². The second-order valence-corrected chi connectivity index (χ2v) is 5.14. The normalized spacial score (nSPS) is 11.0. The van der Waals surface area contributed by atoms with Crippen molar-refractivity contribution in [2.24, 2.45) is 0 Å². The monoisotopic (exact) mass is 305 g/mol. The molecular weight excluding hydrogens is 290 g/mol. The Kier molecular flexibility index (Phi) is 3.12. The second-order valence-electron chi connectivity index (χ2n) is 5.14. The quantitative estimate of drug-likeness (QED) is 0.580. The highest BCUT2D eigenvalue weighted by Gasteiger charge is 2.15. The minimum absolute atomic E-state index is 0.512. The van der Waals surface area contributed by atoms with E-state index in [4.69, 9.17) is 9.47 Å². The summed E-state index contributed by atoms with van der Waals surface area (Å²) < 4.78 is 12.8. The van der Waals surface area contributed by atoms with E-state index >= 15 is 0 Å². The van der Waals surface area contributed by atoms with Gasteiger partial charge < -0.3 is 9.47 Å². The van der Waals surface area contributed by atoms with E-state index < -0.39 is 0 Å². The zero-order valence-electron chi connectivity index (χ0n) is 12.9. The Balaban J connectivity index is 2.10. The van der Waals surface area contributed by atoms with E-state index in [9.17, 15) is 0 Å². The summed E-state index contributed by atoms with van der Waals surface area (Å²) in [5.74, 6) is 1.32. The molecule has 0 aliphatic rings. The van der Waals surface area contributed by atoms with Crippen LogP contribution < -0.4 is 9.47 Å². The molecular formula is C18H15N3O2. The van der Waals surface area contributed by atoms with Crippen LogP contribution in [0.4, 0.5) is 0 Å². The lowest BCUT2D eigenvalue weighted by Gasteiger charge is -2.09. The Morgan fingerprint density at radius 2 is 1.83 bits per heavy atom. The van der Waals surface area contributed by atoms with Crippen LogP contribution in [0.2, 0.25) is 0 Å². The smallest absolute Gasteiger partial charge is 0.258 e. The Labute approximate surface area is 133 Å². The summed E-state index contributed by atoms with van der Waals surface area (Å²) in [7, 11) is 3.27. The van der Waals surface area contributed by atoms with Crippen molar-refractivity contribution in [3.8, 4) is 22.9 Å². The summed E-state index contributed by atoms with van der Waals surface area (Å²) in [6, 6.07) is 15.9. The van der Waals surface area contributed by atoms with E-state index in [1.54, 1.807) is 14.2 Å². The van der Waals surface area contributed by atoms with Gasteiger partial charge in [0, 0.05) is 5.56 Å². The van der Waals surface area contributed by atoms with Gasteiger partial charge in [-0.2, -0.15) is 0 Å². The number of nitrogens with zero attached hydrogens (tertiary/aromatic N) is 3. The standard InChI is InChI=1S/C18H15N3O2/c1-22-13-7-5-6-12(10-13)16-11-19-17-18(23-2)20-14-8-3-4-9-15(14)21(16)17/h3-11H,1-2H3. The molecule has 0 atom stereocenters. The molecule has 0 aliphatic heterocycles. The molecule has 4 rings (SSSR count). The fourth-order valence-electron chi connectivity index (χ4n) is 2.78. The van der Waals surface area contributed by atoms with Gasteiger partial charge in [-0.3, -0.25) is 4.40 Å². The Bertz CT molecular complexity index is 1010. The van der Waals surface area contributed by atoms with Gasteiger partial charge in [0.15, 0.2) is 0 Å². The molecule has 23 heavy (non-hydrogen) atoms. The van der Waals surface area contributed by atoms with Crippen LogP contribution in [0, 0.1) is 0 Å². The molecule has 2 heterocycles. The van der Waals surface area contributed by atoms with Gasteiger partial charge in [0.25, 0.3) is 5.88 Å². The van der Waals surface area contributed by atoms with Crippen LogP contribution in [0.5, 0.6) is 11.6 Å². The van der Waals surface area contributed by atoms with Crippen LogP contribution in [0.3, 0.4) is 0 Å². The molecule has 0 saturated carbocycles. The van der Waals surface area contributed by atoms with Crippen molar-refractivity contribution in [3.05, 3.63) is 54.7 Å². The summed E-state index contributed by atoms with van der Waals surface area (Å²) in [6.45, 7) is 0. The van der Waals surface area contributed by atoms with Gasteiger partial charge in [0.2, 0.25) is 5.65 Å². The highest BCUT2D eigenvalue weighted by Crippen LogP contribution is 2.30. The maximum Gasteiger partial charge on any atom is 0.258 e. The lowest BCUT2D eigenvalue weighted by atomic mass is 10.1. The van der Waals surface area contributed by atoms with E-state index in [1.165, 1.54) is 0 Å². The van der Waals surface area contributed by atoms with Gasteiger partial charge in [0.1, 0.15) is 5.75 Å². The molecule has 5 nitrogen and oxygen atoms in total. The number of methoxy groups -OCH3 is 2. The molecule has 0 bridgehead atoms. The van der Waals surface area contributed by atoms with E-state index in [2.05, 4.69) is 14.4 Å². The molecule has 0 fully saturated rings.